The molecular formula is C18H20O3. The summed E-state index contributed by atoms with van der Waals surface area (Å²) in [4.78, 5) is 11.9. The number of hydrogen-bond donors (Lipinski definition) is 0. The van der Waals surface area contributed by atoms with E-state index >= 15 is 0 Å². The summed E-state index contributed by atoms with van der Waals surface area (Å²) in [5.74, 6) is 1.35. The molecule has 3 nitrogen and oxygen atoms in total. The highest BCUT2D eigenvalue weighted by Gasteiger charge is 2.08. The van der Waals surface area contributed by atoms with Crippen LogP contribution in [0, 0.1) is 0 Å². The van der Waals surface area contributed by atoms with E-state index in [1.54, 1.807) is 0 Å². The van der Waals surface area contributed by atoms with Crippen LogP contribution in [0.25, 0.3) is 0 Å². The maximum absolute atomic E-state index is 11.9. The van der Waals surface area contributed by atoms with E-state index in [2.05, 4.69) is 0 Å². The topological polar surface area (TPSA) is 35.5 Å². The predicted octanol–water partition coefficient (Wildman–Crippen LogP) is 3.67. The van der Waals surface area contributed by atoms with Crippen LogP contribution in [-0.4, -0.2) is 19.0 Å². The summed E-state index contributed by atoms with van der Waals surface area (Å²) in [6.45, 7) is 2.74. The zero-order valence-corrected chi connectivity index (χ0v) is 12.2. The average molecular weight is 284 g/mol. The van der Waals surface area contributed by atoms with Crippen molar-refractivity contribution in [3.63, 3.8) is 0 Å². The lowest BCUT2D eigenvalue weighted by Gasteiger charge is -2.11. The molecule has 0 saturated heterocycles. The molecule has 0 N–H and O–H groups in total. The van der Waals surface area contributed by atoms with E-state index in [0.29, 0.717) is 24.5 Å². The first-order valence-electron chi connectivity index (χ1n) is 7.20. The van der Waals surface area contributed by atoms with Gasteiger partial charge >= 0.3 is 0 Å². The van der Waals surface area contributed by atoms with Crippen molar-refractivity contribution in [1.82, 2.24) is 0 Å². The predicted molar refractivity (Wildman–Crippen MR) is 82.9 cm³/mol. The lowest BCUT2D eigenvalue weighted by Crippen LogP contribution is -2.14. The van der Waals surface area contributed by atoms with E-state index in [1.165, 1.54) is 0 Å². The smallest absolute Gasteiger partial charge is 0.174 e. The Balaban J connectivity index is 1.89. The van der Waals surface area contributed by atoms with Crippen LogP contribution in [-0.2, 0) is 11.2 Å². The number of ketones is 1. The van der Waals surface area contributed by atoms with Gasteiger partial charge in [0.2, 0.25) is 0 Å². The van der Waals surface area contributed by atoms with Gasteiger partial charge in [-0.1, -0.05) is 49.4 Å². The van der Waals surface area contributed by atoms with Crippen LogP contribution in [0.3, 0.4) is 0 Å². The van der Waals surface area contributed by atoms with Gasteiger partial charge in [-0.15, -0.1) is 0 Å². The van der Waals surface area contributed by atoms with Crippen LogP contribution in [0.2, 0.25) is 0 Å². The molecule has 0 aliphatic rings. The second kappa shape index (κ2) is 8.10. The van der Waals surface area contributed by atoms with E-state index in [4.69, 9.17) is 9.47 Å². The molecule has 0 aromatic heterocycles. The van der Waals surface area contributed by atoms with Gasteiger partial charge in [0.05, 0.1) is 6.61 Å². The van der Waals surface area contributed by atoms with Gasteiger partial charge in [0, 0.05) is 6.42 Å². The summed E-state index contributed by atoms with van der Waals surface area (Å²) in [6, 6.07) is 17.1. The van der Waals surface area contributed by atoms with Crippen LogP contribution >= 0.6 is 0 Å². The number of para-hydroxylation sites is 2. The fourth-order valence-corrected chi connectivity index (χ4v) is 1.93. The fourth-order valence-electron chi connectivity index (χ4n) is 1.93. The van der Waals surface area contributed by atoms with Crippen LogP contribution in [0.5, 0.6) is 11.5 Å². The van der Waals surface area contributed by atoms with Crippen molar-refractivity contribution in [1.29, 1.82) is 0 Å². The Labute approximate surface area is 125 Å². The van der Waals surface area contributed by atoms with Crippen LogP contribution in [0.15, 0.2) is 54.6 Å². The number of benzene rings is 2. The van der Waals surface area contributed by atoms with Crippen molar-refractivity contribution in [2.75, 3.05) is 13.2 Å². The average Bonchev–Trinajstić information content (AvgIpc) is 2.52. The van der Waals surface area contributed by atoms with Crippen molar-refractivity contribution in [3.05, 3.63) is 60.2 Å². The molecule has 0 aliphatic heterocycles. The zero-order valence-electron chi connectivity index (χ0n) is 12.2. The van der Waals surface area contributed by atoms with Crippen LogP contribution < -0.4 is 9.47 Å². The van der Waals surface area contributed by atoms with E-state index in [9.17, 15) is 4.79 Å². The lowest BCUT2D eigenvalue weighted by atomic mass is 10.1. The summed E-state index contributed by atoms with van der Waals surface area (Å²) in [5.41, 5.74) is 1.00. The quantitative estimate of drug-likeness (QED) is 0.742. The number of carbonyl (C=O) groups excluding carboxylic acids is 1. The van der Waals surface area contributed by atoms with E-state index < -0.39 is 0 Å². The minimum absolute atomic E-state index is 0.0477. The number of hydrogen-bond acceptors (Lipinski definition) is 3. The molecule has 21 heavy (non-hydrogen) atoms. The molecule has 2 aromatic rings. The molecule has 0 fully saturated rings. The molecule has 2 rings (SSSR count). The van der Waals surface area contributed by atoms with Crippen molar-refractivity contribution >= 4 is 5.78 Å². The molecule has 0 heterocycles. The van der Waals surface area contributed by atoms with Gasteiger partial charge in [-0.05, 0) is 24.1 Å². The third-order valence-electron chi connectivity index (χ3n) is 2.94. The third kappa shape index (κ3) is 4.95. The Morgan fingerprint density at radius 3 is 2.19 bits per heavy atom. The van der Waals surface area contributed by atoms with E-state index in [0.717, 1.165) is 12.0 Å². The van der Waals surface area contributed by atoms with Gasteiger partial charge in [-0.3, -0.25) is 4.79 Å². The molecule has 0 atom stereocenters. The van der Waals surface area contributed by atoms with Crippen LogP contribution in [0.4, 0.5) is 0 Å². The van der Waals surface area contributed by atoms with E-state index in [1.807, 2.05) is 61.5 Å². The second-order valence-corrected chi connectivity index (χ2v) is 4.78. The first-order chi connectivity index (χ1) is 10.3. The Morgan fingerprint density at radius 2 is 1.52 bits per heavy atom. The van der Waals surface area contributed by atoms with Gasteiger partial charge in [0.25, 0.3) is 0 Å². The zero-order chi connectivity index (χ0) is 14.9. The highest BCUT2D eigenvalue weighted by molar-refractivity contribution is 5.82. The standard InChI is InChI=1S/C18H20O3/c1-2-12-20-17-10-6-7-11-18(17)21-14-16(19)13-15-8-4-3-5-9-15/h3-11H,2,12-14H2,1H3. The van der Waals surface area contributed by atoms with Crippen molar-refractivity contribution in [2.24, 2.45) is 0 Å². The molecule has 0 saturated carbocycles. The monoisotopic (exact) mass is 284 g/mol. The van der Waals surface area contributed by atoms with Crippen molar-refractivity contribution < 1.29 is 14.3 Å². The molecule has 3 heteroatoms. The Morgan fingerprint density at radius 1 is 0.905 bits per heavy atom. The Hall–Kier alpha value is -2.29. The molecule has 2 aromatic carbocycles. The summed E-state index contributed by atoms with van der Waals surface area (Å²) < 4.78 is 11.2. The molecule has 110 valence electrons. The van der Waals surface area contributed by atoms with Crippen molar-refractivity contribution in [3.8, 4) is 11.5 Å². The van der Waals surface area contributed by atoms with Gasteiger partial charge in [-0.25, -0.2) is 0 Å². The van der Waals surface area contributed by atoms with Gasteiger partial charge in [0.1, 0.15) is 6.61 Å². The molecule has 0 unspecified atom stereocenters. The number of ether oxygens (including phenoxy) is 2. The lowest BCUT2D eigenvalue weighted by molar-refractivity contribution is -0.120. The summed E-state index contributed by atoms with van der Waals surface area (Å²) in [5, 5.41) is 0. The van der Waals surface area contributed by atoms with Crippen molar-refractivity contribution in [2.45, 2.75) is 19.8 Å². The van der Waals surface area contributed by atoms with E-state index in [-0.39, 0.29) is 12.4 Å². The first-order valence-corrected chi connectivity index (χ1v) is 7.20. The highest BCUT2D eigenvalue weighted by atomic mass is 16.5. The minimum atomic E-state index is 0.0477. The SMILES string of the molecule is CCCOc1ccccc1OCC(=O)Cc1ccccc1. The molecule has 0 bridgehead atoms. The Kier molecular flexibility index (Phi) is 5.83. The third-order valence-corrected chi connectivity index (χ3v) is 2.94. The maximum Gasteiger partial charge on any atom is 0.174 e. The molecule has 0 radical (unpaired) electrons. The summed E-state index contributed by atoms with van der Waals surface area (Å²) in [6.07, 6.45) is 1.32. The Bertz CT molecular complexity index is 564. The van der Waals surface area contributed by atoms with Gasteiger partial charge in [0.15, 0.2) is 17.3 Å². The normalized spacial score (nSPS) is 10.1. The summed E-state index contributed by atoms with van der Waals surface area (Å²) >= 11 is 0. The molecule has 0 aliphatic carbocycles. The minimum Gasteiger partial charge on any atom is -0.490 e. The van der Waals surface area contributed by atoms with Crippen LogP contribution in [0.1, 0.15) is 18.9 Å². The second-order valence-electron chi connectivity index (χ2n) is 4.78. The van der Waals surface area contributed by atoms with Gasteiger partial charge in [-0.2, -0.15) is 0 Å². The molecule has 0 amide bonds. The number of carbonyl (C=O) groups is 1. The maximum atomic E-state index is 11.9. The summed E-state index contributed by atoms with van der Waals surface area (Å²) in [7, 11) is 0. The first kappa shape index (κ1) is 15.1. The fraction of sp³-hybridized carbons (Fsp3) is 0.278. The highest BCUT2D eigenvalue weighted by Crippen LogP contribution is 2.26. The molecular weight excluding hydrogens is 264 g/mol. The number of rotatable bonds is 8. The number of Topliss-reactive ketones (excluding diaryl/α,β-unsaturated/α-hetero) is 1. The molecule has 0 spiro atoms. The largest absolute Gasteiger partial charge is 0.490 e. The van der Waals surface area contributed by atoms with Gasteiger partial charge < -0.3 is 9.47 Å².